The Morgan fingerprint density at radius 2 is 2.16 bits per heavy atom. The predicted octanol–water partition coefficient (Wildman–Crippen LogP) is 1.46. The Morgan fingerprint density at radius 1 is 1.37 bits per heavy atom. The lowest BCUT2D eigenvalue weighted by molar-refractivity contribution is -0.136. The maximum atomic E-state index is 12.1. The summed E-state index contributed by atoms with van der Waals surface area (Å²) in [7, 11) is 0. The molecule has 102 valence electrons. The number of carbonyl (C=O) groups is 2. The Bertz CT molecular complexity index is 475. The zero-order chi connectivity index (χ0) is 13.7. The van der Waals surface area contributed by atoms with Gasteiger partial charge in [-0.25, -0.2) is 4.79 Å². The summed E-state index contributed by atoms with van der Waals surface area (Å²) in [5, 5.41) is 11.2. The molecule has 0 fully saturated rings. The first-order chi connectivity index (χ1) is 9.18. The summed E-state index contributed by atoms with van der Waals surface area (Å²) in [4.78, 5) is 24.1. The van der Waals surface area contributed by atoms with E-state index in [4.69, 9.17) is 9.84 Å². The number of nitrogens with zero attached hydrogens (tertiary/aromatic N) is 1. The largest absolute Gasteiger partial charge is 0.491 e. The van der Waals surface area contributed by atoms with E-state index in [0.717, 1.165) is 6.42 Å². The van der Waals surface area contributed by atoms with E-state index in [1.54, 1.807) is 4.90 Å². The van der Waals surface area contributed by atoms with Gasteiger partial charge in [-0.05, 0) is 18.6 Å². The molecule has 6 heteroatoms. The van der Waals surface area contributed by atoms with Crippen LogP contribution in [-0.4, -0.2) is 36.8 Å². The van der Waals surface area contributed by atoms with Crippen LogP contribution < -0.4 is 15.0 Å². The van der Waals surface area contributed by atoms with Gasteiger partial charge < -0.3 is 15.2 Å². The first-order valence-corrected chi connectivity index (χ1v) is 6.17. The standard InChI is InChI=1S/C13H16N2O4/c16-12(17)6-7-14-13(18)15-8-3-9-19-11-5-2-1-4-10(11)15/h1-2,4-5H,3,6-9H2,(H,14,18)(H,16,17). The first kappa shape index (κ1) is 13.2. The third kappa shape index (κ3) is 3.37. The second-order valence-electron chi connectivity index (χ2n) is 4.20. The average molecular weight is 264 g/mol. The Labute approximate surface area is 111 Å². The maximum absolute atomic E-state index is 12.1. The second-order valence-corrected chi connectivity index (χ2v) is 4.20. The third-order valence-electron chi connectivity index (χ3n) is 2.80. The van der Waals surface area contributed by atoms with Gasteiger partial charge in [0.2, 0.25) is 0 Å². The summed E-state index contributed by atoms with van der Waals surface area (Å²) in [6.45, 7) is 1.24. The van der Waals surface area contributed by atoms with Gasteiger partial charge in [0.15, 0.2) is 0 Å². The zero-order valence-corrected chi connectivity index (χ0v) is 10.5. The number of urea groups is 1. The van der Waals surface area contributed by atoms with Crippen LogP contribution in [0.2, 0.25) is 0 Å². The van der Waals surface area contributed by atoms with Crippen molar-refractivity contribution in [2.75, 3.05) is 24.6 Å². The number of benzene rings is 1. The molecular formula is C13H16N2O4. The Kier molecular flexibility index (Phi) is 4.22. The number of rotatable bonds is 3. The number of aliphatic carboxylic acids is 1. The van der Waals surface area contributed by atoms with Crippen LogP contribution in [0.4, 0.5) is 10.5 Å². The van der Waals surface area contributed by atoms with Crippen molar-refractivity contribution in [3.05, 3.63) is 24.3 Å². The number of anilines is 1. The number of carboxylic acid groups (broad SMARTS) is 1. The minimum atomic E-state index is -0.931. The van der Waals surface area contributed by atoms with E-state index in [1.165, 1.54) is 0 Å². The van der Waals surface area contributed by atoms with Crippen molar-refractivity contribution in [2.45, 2.75) is 12.8 Å². The van der Waals surface area contributed by atoms with E-state index in [2.05, 4.69) is 5.32 Å². The van der Waals surface area contributed by atoms with Crippen molar-refractivity contribution in [3.8, 4) is 5.75 Å². The van der Waals surface area contributed by atoms with Crippen LogP contribution in [0.25, 0.3) is 0 Å². The number of nitrogens with one attached hydrogen (secondary N) is 1. The number of amides is 2. The molecule has 1 aromatic rings. The highest BCUT2D eigenvalue weighted by molar-refractivity contribution is 5.93. The second kappa shape index (κ2) is 6.08. The monoisotopic (exact) mass is 264 g/mol. The topological polar surface area (TPSA) is 78.9 Å². The Balaban J connectivity index is 2.06. The molecule has 1 aliphatic rings. The van der Waals surface area contributed by atoms with Gasteiger partial charge in [-0.1, -0.05) is 12.1 Å². The number of para-hydroxylation sites is 2. The molecule has 0 unspecified atom stereocenters. The fourth-order valence-corrected chi connectivity index (χ4v) is 1.91. The van der Waals surface area contributed by atoms with Crippen molar-refractivity contribution in [1.82, 2.24) is 5.32 Å². The normalized spacial score (nSPS) is 14.0. The van der Waals surface area contributed by atoms with Gasteiger partial charge in [-0.2, -0.15) is 0 Å². The first-order valence-electron chi connectivity index (χ1n) is 6.17. The number of carbonyl (C=O) groups excluding carboxylic acids is 1. The van der Waals surface area contributed by atoms with Crippen molar-refractivity contribution in [2.24, 2.45) is 0 Å². The van der Waals surface area contributed by atoms with E-state index in [9.17, 15) is 9.59 Å². The van der Waals surface area contributed by atoms with Crippen LogP contribution in [0.5, 0.6) is 5.75 Å². The molecule has 1 aromatic carbocycles. The summed E-state index contributed by atoms with van der Waals surface area (Å²) >= 11 is 0. The minimum absolute atomic E-state index is 0.0856. The molecule has 0 aliphatic carbocycles. The highest BCUT2D eigenvalue weighted by atomic mass is 16.5. The van der Waals surface area contributed by atoms with Crippen LogP contribution in [0.15, 0.2) is 24.3 Å². The van der Waals surface area contributed by atoms with E-state index >= 15 is 0 Å². The fraction of sp³-hybridized carbons (Fsp3) is 0.385. The lowest BCUT2D eigenvalue weighted by Gasteiger charge is -2.21. The minimum Gasteiger partial charge on any atom is -0.491 e. The third-order valence-corrected chi connectivity index (χ3v) is 2.80. The molecule has 2 N–H and O–H groups in total. The van der Waals surface area contributed by atoms with Gasteiger partial charge in [0, 0.05) is 13.1 Å². The molecule has 0 aromatic heterocycles. The van der Waals surface area contributed by atoms with Gasteiger partial charge in [-0.3, -0.25) is 9.69 Å². The molecular weight excluding hydrogens is 248 g/mol. The lowest BCUT2D eigenvalue weighted by atomic mass is 10.2. The fourth-order valence-electron chi connectivity index (χ4n) is 1.91. The van der Waals surface area contributed by atoms with E-state index < -0.39 is 5.97 Å². The highest BCUT2D eigenvalue weighted by Gasteiger charge is 2.21. The van der Waals surface area contributed by atoms with Gasteiger partial charge >= 0.3 is 12.0 Å². The summed E-state index contributed by atoms with van der Waals surface area (Å²) < 4.78 is 5.56. The number of carboxylic acids is 1. The van der Waals surface area contributed by atoms with Crippen molar-refractivity contribution < 1.29 is 19.4 Å². The molecule has 19 heavy (non-hydrogen) atoms. The van der Waals surface area contributed by atoms with Crippen LogP contribution >= 0.6 is 0 Å². The van der Waals surface area contributed by atoms with Gasteiger partial charge in [0.05, 0.1) is 18.7 Å². The quantitative estimate of drug-likeness (QED) is 0.866. The number of hydrogen-bond donors (Lipinski definition) is 2. The molecule has 0 saturated carbocycles. The zero-order valence-electron chi connectivity index (χ0n) is 10.5. The number of hydrogen-bond acceptors (Lipinski definition) is 3. The molecule has 2 rings (SSSR count). The van der Waals surface area contributed by atoms with Crippen LogP contribution in [0, 0.1) is 0 Å². The summed E-state index contributed by atoms with van der Waals surface area (Å²) in [5.74, 6) is -0.256. The summed E-state index contributed by atoms with van der Waals surface area (Å²) in [6.07, 6.45) is 0.652. The summed E-state index contributed by atoms with van der Waals surface area (Å²) in [5.41, 5.74) is 0.716. The highest BCUT2D eigenvalue weighted by Crippen LogP contribution is 2.30. The molecule has 0 spiro atoms. The molecule has 0 saturated heterocycles. The number of fused-ring (bicyclic) bond motifs is 1. The maximum Gasteiger partial charge on any atom is 0.322 e. The van der Waals surface area contributed by atoms with E-state index in [0.29, 0.717) is 24.6 Å². The molecule has 1 heterocycles. The molecule has 0 radical (unpaired) electrons. The van der Waals surface area contributed by atoms with Crippen molar-refractivity contribution in [3.63, 3.8) is 0 Å². The van der Waals surface area contributed by atoms with Crippen LogP contribution in [0.3, 0.4) is 0 Å². The Morgan fingerprint density at radius 3 is 2.95 bits per heavy atom. The number of ether oxygens (including phenoxy) is 1. The lowest BCUT2D eigenvalue weighted by Crippen LogP contribution is -2.41. The molecule has 6 nitrogen and oxygen atoms in total. The van der Waals surface area contributed by atoms with Gasteiger partial charge in [0.25, 0.3) is 0 Å². The van der Waals surface area contributed by atoms with Crippen LogP contribution in [-0.2, 0) is 4.79 Å². The SMILES string of the molecule is O=C(O)CCNC(=O)N1CCCOc2ccccc21. The molecule has 0 bridgehead atoms. The van der Waals surface area contributed by atoms with Gasteiger partial charge in [0.1, 0.15) is 5.75 Å². The van der Waals surface area contributed by atoms with E-state index in [-0.39, 0.29) is 19.0 Å². The average Bonchev–Trinajstić information content (AvgIpc) is 2.60. The van der Waals surface area contributed by atoms with Crippen LogP contribution in [0.1, 0.15) is 12.8 Å². The summed E-state index contributed by atoms with van der Waals surface area (Å²) in [6, 6.07) is 7.03. The smallest absolute Gasteiger partial charge is 0.322 e. The Hall–Kier alpha value is -2.24. The van der Waals surface area contributed by atoms with Crippen molar-refractivity contribution in [1.29, 1.82) is 0 Å². The van der Waals surface area contributed by atoms with Gasteiger partial charge in [-0.15, -0.1) is 0 Å². The predicted molar refractivity (Wildman–Crippen MR) is 69.6 cm³/mol. The molecule has 2 amide bonds. The molecule has 1 aliphatic heterocycles. The molecule has 0 atom stereocenters. The van der Waals surface area contributed by atoms with E-state index in [1.807, 2.05) is 24.3 Å². The van der Waals surface area contributed by atoms with Crippen molar-refractivity contribution >= 4 is 17.7 Å².